The normalized spacial score (nSPS) is 11.8. The van der Waals surface area contributed by atoms with Gasteiger partial charge in [-0.15, -0.1) is 0 Å². The van der Waals surface area contributed by atoms with Crippen LogP contribution in [0.5, 0.6) is 5.75 Å². The zero-order valence-electron chi connectivity index (χ0n) is 15.6. The van der Waals surface area contributed by atoms with Gasteiger partial charge < -0.3 is 14.2 Å². The summed E-state index contributed by atoms with van der Waals surface area (Å²) in [5, 5.41) is 1.24. The number of likely N-dealkylation sites (N-methyl/N-ethyl adjacent to an activating group) is 1. The van der Waals surface area contributed by atoms with Crippen molar-refractivity contribution in [2.24, 2.45) is 0 Å². The number of hydrogen-bond donors (Lipinski definition) is 1. The van der Waals surface area contributed by atoms with Gasteiger partial charge >= 0.3 is 0 Å². The fourth-order valence-corrected chi connectivity index (χ4v) is 3.48. The second kappa shape index (κ2) is 7.75. The molecular formula is C22H29N2O+. The van der Waals surface area contributed by atoms with Gasteiger partial charge in [-0.2, -0.15) is 0 Å². The minimum Gasteiger partial charge on any atom is -0.488 e. The van der Waals surface area contributed by atoms with Crippen LogP contribution in [0.3, 0.4) is 0 Å². The molecule has 0 bridgehead atoms. The number of fused-ring (bicyclic) bond motifs is 1. The lowest BCUT2D eigenvalue weighted by Crippen LogP contribution is -2.49. The lowest BCUT2D eigenvalue weighted by atomic mass is 10.0. The van der Waals surface area contributed by atoms with E-state index in [4.69, 9.17) is 4.74 Å². The molecule has 0 spiro atoms. The Hall–Kier alpha value is -2.26. The first kappa shape index (κ1) is 17.6. The molecule has 0 aliphatic heterocycles. The highest BCUT2D eigenvalue weighted by Gasteiger charge is 2.20. The number of nitrogens with zero attached hydrogens (tertiary/aromatic N) is 1. The fourth-order valence-electron chi connectivity index (χ4n) is 3.48. The van der Waals surface area contributed by atoms with E-state index in [0.29, 0.717) is 0 Å². The molecule has 25 heavy (non-hydrogen) atoms. The van der Waals surface area contributed by atoms with Crippen molar-refractivity contribution >= 4 is 10.9 Å². The molecule has 1 aromatic heterocycles. The number of benzene rings is 2. The maximum atomic E-state index is 6.00. The first-order valence-corrected chi connectivity index (χ1v) is 9.35. The molecule has 2 aromatic carbocycles. The zero-order valence-corrected chi connectivity index (χ0v) is 15.6. The Morgan fingerprint density at radius 1 is 0.840 bits per heavy atom. The molecule has 0 fully saturated rings. The van der Waals surface area contributed by atoms with Crippen molar-refractivity contribution in [1.82, 2.24) is 4.98 Å². The van der Waals surface area contributed by atoms with Gasteiger partial charge in [0.2, 0.25) is 0 Å². The second-order valence-electron chi connectivity index (χ2n) is 6.67. The Labute approximate surface area is 150 Å². The van der Waals surface area contributed by atoms with Crippen LogP contribution in [0.4, 0.5) is 0 Å². The van der Waals surface area contributed by atoms with E-state index in [0.717, 1.165) is 43.0 Å². The summed E-state index contributed by atoms with van der Waals surface area (Å²) < 4.78 is 7.11. The van der Waals surface area contributed by atoms with Crippen molar-refractivity contribution in [2.45, 2.75) is 20.8 Å². The van der Waals surface area contributed by atoms with Crippen LogP contribution < -0.4 is 4.74 Å². The quantitative estimate of drug-likeness (QED) is 0.569. The molecule has 0 radical (unpaired) electrons. The third-order valence-electron chi connectivity index (χ3n) is 5.59. The maximum absolute atomic E-state index is 6.00. The standard InChI is InChI=1S/C22H29N2O/c1-4-24(5-2,6-3)15-16-25-21-10-7-18(8-11-21)19-9-12-22-20(17-19)13-14-23-22/h7-14,17,23H,4-6,15-16H2,1-3H3/q+1. The van der Waals surface area contributed by atoms with Crippen LogP contribution in [0.2, 0.25) is 0 Å². The maximum Gasteiger partial charge on any atom is 0.137 e. The summed E-state index contributed by atoms with van der Waals surface area (Å²) in [5.74, 6) is 0.952. The second-order valence-corrected chi connectivity index (χ2v) is 6.67. The minimum atomic E-state index is 0.768. The van der Waals surface area contributed by atoms with Crippen LogP contribution >= 0.6 is 0 Å². The third-order valence-corrected chi connectivity index (χ3v) is 5.59. The summed E-state index contributed by atoms with van der Waals surface area (Å²) in [4.78, 5) is 3.24. The van der Waals surface area contributed by atoms with Crippen molar-refractivity contribution in [3.8, 4) is 16.9 Å². The predicted molar refractivity (Wildman–Crippen MR) is 106 cm³/mol. The summed E-state index contributed by atoms with van der Waals surface area (Å²) in [6.07, 6.45) is 1.98. The van der Waals surface area contributed by atoms with Crippen molar-refractivity contribution in [3.63, 3.8) is 0 Å². The topological polar surface area (TPSA) is 25.0 Å². The number of H-pyrrole nitrogens is 1. The third kappa shape index (κ3) is 3.88. The molecule has 0 atom stereocenters. The van der Waals surface area contributed by atoms with Crippen molar-refractivity contribution < 1.29 is 9.22 Å². The molecule has 3 rings (SSSR count). The summed E-state index contributed by atoms with van der Waals surface area (Å²) >= 11 is 0. The smallest absolute Gasteiger partial charge is 0.137 e. The molecular weight excluding hydrogens is 308 g/mol. The summed E-state index contributed by atoms with van der Waals surface area (Å²) in [5.41, 5.74) is 3.63. The molecule has 0 amide bonds. The van der Waals surface area contributed by atoms with Crippen LogP contribution in [0.15, 0.2) is 54.7 Å². The van der Waals surface area contributed by atoms with Gasteiger partial charge in [0, 0.05) is 11.7 Å². The molecule has 3 heteroatoms. The number of nitrogens with one attached hydrogen (secondary N) is 1. The largest absolute Gasteiger partial charge is 0.488 e. The molecule has 1 N–H and O–H groups in total. The van der Waals surface area contributed by atoms with Gasteiger partial charge in [0.05, 0.1) is 19.6 Å². The van der Waals surface area contributed by atoms with E-state index in [-0.39, 0.29) is 0 Å². The molecule has 3 nitrogen and oxygen atoms in total. The number of aromatic nitrogens is 1. The van der Waals surface area contributed by atoms with E-state index in [2.05, 4.69) is 74.3 Å². The van der Waals surface area contributed by atoms with Crippen LogP contribution in [0.1, 0.15) is 20.8 Å². The van der Waals surface area contributed by atoms with E-state index in [9.17, 15) is 0 Å². The summed E-state index contributed by atoms with van der Waals surface area (Å²) in [6.45, 7) is 12.1. The lowest BCUT2D eigenvalue weighted by Gasteiger charge is -2.35. The molecule has 132 valence electrons. The number of aromatic amines is 1. The number of quaternary nitrogens is 1. The van der Waals surface area contributed by atoms with Crippen LogP contribution in [0, 0.1) is 0 Å². The lowest BCUT2D eigenvalue weighted by molar-refractivity contribution is -0.923. The van der Waals surface area contributed by atoms with E-state index in [1.165, 1.54) is 22.0 Å². The Bertz CT molecular complexity index is 792. The Balaban J connectivity index is 1.64. The Kier molecular flexibility index (Phi) is 5.44. The average molecular weight is 337 g/mol. The van der Waals surface area contributed by atoms with Gasteiger partial charge in [-0.25, -0.2) is 0 Å². The van der Waals surface area contributed by atoms with Crippen LogP contribution in [0.25, 0.3) is 22.0 Å². The summed E-state index contributed by atoms with van der Waals surface area (Å²) in [6, 6.07) is 17.1. The first-order valence-electron chi connectivity index (χ1n) is 9.35. The number of hydrogen-bond acceptors (Lipinski definition) is 1. The van der Waals surface area contributed by atoms with Crippen LogP contribution in [-0.2, 0) is 0 Å². The minimum absolute atomic E-state index is 0.768. The SMILES string of the molecule is CC[N+](CC)(CC)CCOc1ccc(-c2ccc3[nH]ccc3c2)cc1. The molecule has 1 heterocycles. The average Bonchev–Trinajstić information content (AvgIpc) is 3.14. The van der Waals surface area contributed by atoms with E-state index in [1.807, 2.05) is 6.20 Å². The van der Waals surface area contributed by atoms with E-state index in [1.54, 1.807) is 0 Å². The highest BCUT2D eigenvalue weighted by molar-refractivity contribution is 5.85. The highest BCUT2D eigenvalue weighted by Crippen LogP contribution is 2.25. The molecule has 3 aromatic rings. The van der Waals surface area contributed by atoms with Crippen molar-refractivity contribution in [3.05, 3.63) is 54.7 Å². The Morgan fingerprint density at radius 3 is 2.20 bits per heavy atom. The predicted octanol–water partition coefficient (Wildman–Crippen LogP) is 5.09. The van der Waals surface area contributed by atoms with E-state index >= 15 is 0 Å². The van der Waals surface area contributed by atoms with E-state index < -0.39 is 0 Å². The summed E-state index contributed by atoms with van der Waals surface area (Å²) in [7, 11) is 0. The molecule has 0 saturated heterocycles. The van der Waals surface area contributed by atoms with Gasteiger partial charge in [-0.1, -0.05) is 18.2 Å². The van der Waals surface area contributed by atoms with Crippen LogP contribution in [-0.4, -0.2) is 42.3 Å². The molecule has 0 aliphatic carbocycles. The first-order chi connectivity index (χ1) is 12.2. The van der Waals surface area contributed by atoms with Gasteiger partial charge in [-0.05, 0) is 67.6 Å². The number of rotatable bonds is 8. The van der Waals surface area contributed by atoms with Crippen molar-refractivity contribution in [1.29, 1.82) is 0 Å². The van der Waals surface area contributed by atoms with Gasteiger partial charge in [0.1, 0.15) is 18.9 Å². The molecule has 0 unspecified atom stereocenters. The molecule has 0 aliphatic rings. The zero-order chi connectivity index (χ0) is 17.7. The monoisotopic (exact) mass is 337 g/mol. The number of ether oxygens (including phenoxy) is 1. The molecule has 0 saturated carbocycles. The highest BCUT2D eigenvalue weighted by atomic mass is 16.5. The van der Waals surface area contributed by atoms with Gasteiger partial charge in [0.15, 0.2) is 0 Å². The fraction of sp³-hybridized carbons (Fsp3) is 0.364. The Morgan fingerprint density at radius 2 is 1.52 bits per heavy atom. The van der Waals surface area contributed by atoms with Crippen molar-refractivity contribution in [2.75, 3.05) is 32.8 Å². The van der Waals surface area contributed by atoms with Gasteiger partial charge in [0.25, 0.3) is 0 Å². The van der Waals surface area contributed by atoms with Gasteiger partial charge in [-0.3, -0.25) is 0 Å².